The minimum atomic E-state index is 0.142. The number of nitrogens with one attached hydrogen (secondary N) is 1. The molecule has 1 aromatic carbocycles. The first-order valence-corrected chi connectivity index (χ1v) is 10.1. The quantitative estimate of drug-likeness (QED) is 0.543. The van der Waals surface area contributed by atoms with Gasteiger partial charge < -0.3 is 19.9 Å². The van der Waals surface area contributed by atoms with Crippen LogP contribution in [0.1, 0.15) is 33.6 Å². The molecule has 1 aromatic rings. The molecule has 1 saturated heterocycles. The monoisotopic (exact) mass is 360 g/mol. The summed E-state index contributed by atoms with van der Waals surface area (Å²) in [4.78, 5) is 9.41. The lowest BCUT2D eigenvalue weighted by Crippen LogP contribution is -2.44. The molecule has 0 aromatic heterocycles. The van der Waals surface area contributed by atoms with Crippen molar-refractivity contribution in [3.8, 4) is 5.75 Å². The maximum atomic E-state index is 6.08. The number of rotatable bonds is 9. The van der Waals surface area contributed by atoms with Gasteiger partial charge in [-0.15, -0.1) is 0 Å². The second-order valence-corrected chi connectivity index (χ2v) is 6.98. The Morgan fingerprint density at radius 3 is 2.62 bits per heavy atom. The van der Waals surface area contributed by atoms with Crippen LogP contribution in [0.3, 0.4) is 0 Å². The number of para-hydroxylation sites is 1. The van der Waals surface area contributed by atoms with Crippen molar-refractivity contribution in [3.05, 3.63) is 30.3 Å². The zero-order valence-electron chi connectivity index (χ0n) is 16.9. The molecule has 0 amide bonds. The van der Waals surface area contributed by atoms with Crippen molar-refractivity contribution in [2.24, 2.45) is 10.9 Å². The van der Waals surface area contributed by atoms with E-state index >= 15 is 0 Å². The topological polar surface area (TPSA) is 40.1 Å². The number of hydrogen-bond donors (Lipinski definition) is 1. The molecule has 1 N–H and O–H groups in total. The molecule has 0 bridgehead atoms. The second-order valence-electron chi connectivity index (χ2n) is 6.98. The molecule has 0 radical (unpaired) electrons. The standard InChI is InChI=1S/C21H36N4O/c1-5-19(26-20-11-9-8-10-12-20)15-23-21(22-4)25-14-13-18(17-25)16-24(6-2)7-3/h8-12,18-19H,5-7,13-17H2,1-4H3,(H,22,23). The van der Waals surface area contributed by atoms with Crippen LogP contribution in [0.25, 0.3) is 0 Å². The maximum absolute atomic E-state index is 6.08. The minimum Gasteiger partial charge on any atom is -0.489 e. The van der Waals surface area contributed by atoms with Gasteiger partial charge in [-0.25, -0.2) is 0 Å². The summed E-state index contributed by atoms with van der Waals surface area (Å²) in [7, 11) is 1.87. The van der Waals surface area contributed by atoms with Gasteiger partial charge in [0, 0.05) is 26.7 Å². The van der Waals surface area contributed by atoms with Crippen LogP contribution < -0.4 is 10.1 Å². The number of guanidine groups is 1. The normalized spacial score (nSPS) is 19.0. The van der Waals surface area contributed by atoms with Crippen LogP contribution in [0.15, 0.2) is 35.3 Å². The van der Waals surface area contributed by atoms with Gasteiger partial charge in [-0.2, -0.15) is 0 Å². The number of benzene rings is 1. The Hall–Kier alpha value is -1.75. The van der Waals surface area contributed by atoms with E-state index < -0.39 is 0 Å². The second kappa shape index (κ2) is 11.1. The predicted molar refractivity (Wildman–Crippen MR) is 110 cm³/mol. The molecule has 2 rings (SSSR count). The van der Waals surface area contributed by atoms with Crippen LogP contribution in [0.2, 0.25) is 0 Å². The van der Waals surface area contributed by atoms with Crippen molar-refractivity contribution in [1.82, 2.24) is 15.1 Å². The average Bonchev–Trinajstić information content (AvgIpc) is 3.14. The Bertz CT molecular complexity index is 530. The van der Waals surface area contributed by atoms with Crippen molar-refractivity contribution in [3.63, 3.8) is 0 Å². The zero-order chi connectivity index (χ0) is 18.8. The van der Waals surface area contributed by atoms with Gasteiger partial charge in [0.25, 0.3) is 0 Å². The summed E-state index contributed by atoms with van der Waals surface area (Å²) >= 11 is 0. The van der Waals surface area contributed by atoms with Gasteiger partial charge in [-0.05, 0) is 44.0 Å². The van der Waals surface area contributed by atoms with Gasteiger partial charge in [0.2, 0.25) is 0 Å². The summed E-state index contributed by atoms with van der Waals surface area (Å²) in [5, 5.41) is 3.52. The fourth-order valence-corrected chi connectivity index (χ4v) is 3.52. The van der Waals surface area contributed by atoms with E-state index in [-0.39, 0.29) is 6.10 Å². The SMILES string of the molecule is CCC(CNC(=NC)N1CCC(CN(CC)CC)C1)Oc1ccccc1. The van der Waals surface area contributed by atoms with Crippen LogP contribution in [0, 0.1) is 5.92 Å². The largest absolute Gasteiger partial charge is 0.489 e. The fraction of sp³-hybridized carbons (Fsp3) is 0.667. The van der Waals surface area contributed by atoms with E-state index in [0.717, 1.165) is 56.8 Å². The van der Waals surface area contributed by atoms with Crippen LogP contribution in [-0.2, 0) is 0 Å². The molecule has 5 nitrogen and oxygen atoms in total. The molecule has 146 valence electrons. The highest BCUT2D eigenvalue weighted by atomic mass is 16.5. The lowest BCUT2D eigenvalue weighted by molar-refractivity contribution is 0.198. The molecule has 2 unspecified atom stereocenters. The number of nitrogens with zero attached hydrogens (tertiary/aromatic N) is 3. The van der Waals surface area contributed by atoms with E-state index in [1.165, 1.54) is 13.0 Å². The first-order chi connectivity index (χ1) is 12.7. The summed E-state index contributed by atoms with van der Waals surface area (Å²) in [5.74, 6) is 2.66. The number of hydrogen-bond acceptors (Lipinski definition) is 3. The molecule has 1 fully saturated rings. The summed E-state index contributed by atoms with van der Waals surface area (Å²) in [6.07, 6.45) is 2.35. The molecular formula is C21H36N4O. The highest BCUT2D eigenvalue weighted by Crippen LogP contribution is 2.18. The van der Waals surface area contributed by atoms with Gasteiger partial charge in [-0.1, -0.05) is 39.0 Å². The highest BCUT2D eigenvalue weighted by molar-refractivity contribution is 5.80. The van der Waals surface area contributed by atoms with Crippen molar-refractivity contribution in [2.75, 3.05) is 46.3 Å². The third-order valence-electron chi connectivity index (χ3n) is 5.20. The molecule has 0 saturated carbocycles. The minimum absolute atomic E-state index is 0.142. The lowest BCUT2D eigenvalue weighted by atomic mass is 10.1. The fourth-order valence-electron chi connectivity index (χ4n) is 3.52. The summed E-state index contributed by atoms with van der Waals surface area (Å²) in [6, 6.07) is 10.0. The summed E-state index contributed by atoms with van der Waals surface area (Å²) in [6.45, 7) is 13.1. The molecule has 2 atom stereocenters. The number of likely N-dealkylation sites (tertiary alicyclic amines) is 1. The molecular weight excluding hydrogens is 324 g/mol. The number of aliphatic imine (C=N–C) groups is 1. The van der Waals surface area contributed by atoms with Gasteiger partial charge in [0.05, 0.1) is 6.54 Å². The molecule has 1 heterocycles. The predicted octanol–water partition coefficient (Wildman–Crippen LogP) is 3.08. The van der Waals surface area contributed by atoms with E-state index in [0.29, 0.717) is 0 Å². The van der Waals surface area contributed by atoms with Crippen LogP contribution in [-0.4, -0.2) is 68.2 Å². The van der Waals surface area contributed by atoms with E-state index in [1.54, 1.807) is 0 Å². The van der Waals surface area contributed by atoms with E-state index in [2.05, 4.69) is 40.9 Å². The van der Waals surface area contributed by atoms with Gasteiger partial charge in [0.15, 0.2) is 5.96 Å². The van der Waals surface area contributed by atoms with Crippen LogP contribution in [0.5, 0.6) is 5.75 Å². The van der Waals surface area contributed by atoms with Gasteiger partial charge in [-0.3, -0.25) is 4.99 Å². The van der Waals surface area contributed by atoms with Gasteiger partial charge >= 0.3 is 0 Å². The first kappa shape index (κ1) is 20.6. The van der Waals surface area contributed by atoms with Crippen molar-refractivity contribution in [1.29, 1.82) is 0 Å². The Morgan fingerprint density at radius 1 is 1.27 bits per heavy atom. The first-order valence-electron chi connectivity index (χ1n) is 10.1. The molecule has 1 aliphatic rings. The van der Waals surface area contributed by atoms with E-state index in [4.69, 9.17) is 4.74 Å². The van der Waals surface area contributed by atoms with Crippen molar-refractivity contribution < 1.29 is 4.74 Å². The van der Waals surface area contributed by atoms with Crippen molar-refractivity contribution in [2.45, 2.75) is 39.7 Å². The molecule has 26 heavy (non-hydrogen) atoms. The highest BCUT2D eigenvalue weighted by Gasteiger charge is 2.26. The summed E-state index contributed by atoms with van der Waals surface area (Å²) in [5.41, 5.74) is 0. The van der Waals surface area contributed by atoms with E-state index in [9.17, 15) is 0 Å². The Morgan fingerprint density at radius 2 is 2.00 bits per heavy atom. The smallest absolute Gasteiger partial charge is 0.193 e. The van der Waals surface area contributed by atoms with E-state index in [1.807, 2.05) is 37.4 Å². The number of ether oxygens (including phenoxy) is 1. The third kappa shape index (κ3) is 6.20. The zero-order valence-corrected chi connectivity index (χ0v) is 16.9. The maximum Gasteiger partial charge on any atom is 0.193 e. The van der Waals surface area contributed by atoms with Crippen LogP contribution >= 0.6 is 0 Å². The lowest BCUT2D eigenvalue weighted by Gasteiger charge is -2.26. The molecule has 5 heteroatoms. The average molecular weight is 361 g/mol. The Balaban J connectivity index is 1.81. The van der Waals surface area contributed by atoms with Crippen LogP contribution in [0.4, 0.5) is 0 Å². The van der Waals surface area contributed by atoms with Gasteiger partial charge in [0.1, 0.15) is 11.9 Å². The third-order valence-corrected chi connectivity index (χ3v) is 5.20. The van der Waals surface area contributed by atoms with Crippen molar-refractivity contribution >= 4 is 5.96 Å². The Labute approximate surface area is 159 Å². The molecule has 0 spiro atoms. The Kier molecular flexibility index (Phi) is 8.75. The molecule has 0 aliphatic carbocycles. The summed E-state index contributed by atoms with van der Waals surface area (Å²) < 4.78 is 6.08. The molecule has 1 aliphatic heterocycles.